The predicted molar refractivity (Wildman–Crippen MR) is 156 cm³/mol. The van der Waals surface area contributed by atoms with Gasteiger partial charge in [0.25, 0.3) is 0 Å². The number of aryl methyl sites for hydroxylation is 1. The van der Waals surface area contributed by atoms with Crippen molar-refractivity contribution in [3.05, 3.63) is 145 Å². The predicted octanol–water partition coefficient (Wildman–Crippen LogP) is 8.07. The Hall–Kier alpha value is -4.15. The lowest BCUT2D eigenvalue weighted by molar-refractivity contribution is 0.481. The summed E-state index contributed by atoms with van der Waals surface area (Å²) in [6.45, 7) is 5.86. The number of aromatic hydroxyl groups is 1. The largest absolute Gasteiger partial charge is 0.507 e. The van der Waals surface area contributed by atoms with Gasteiger partial charge in [0.2, 0.25) is 0 Å². The van der Waals surface area contributed by atoms with Crippen LogP contribution in [0.2, 0.25) is 0 Å². The van der Waals surface area contributed by atoms with Gasteiger partial charge in [0, 0.05) is 11.3 Å². The van der Waals surface area contributed by atoms with E-state index >= 15 is 0 Å². The first-order valence-electron chi connectivity index (χ1n) is 12.7. The number of allylic oxidation sites excluding steroid dienone is 1. The molecule has 5 aromatic rings. The molecule has 5 aromatic carbocycles. The van der Waals surface area contributed by atoms with Crippen LogP contribution in [0.1, 0.15) is 29.0 Å². The van der Waals surface area contributed by atoms with Gasteiger partial charge in [-0.15, -0.1) is 6.58 Å². The van der Waals surface area contributed by atoms with Gasteiger partial charge in [-0.05, 0) is 59.2 Å². The van der Waals surface area contributed by atoms with E-state index in [-0.39, 0.29) is 12.2 Å². The lowest BCUT2D eigenvalue weighted by Gasteiger charge is -2.29. The van der Waals surface area contributed by atoms with Gasteiger partial charge in [-0.2, -0.15) is 0 Å². The van der Waals surface area contributed by atoms with Crippen molar-refractivity contribution < 1.29 is 13.5 Å². The molecule has 4 heteroatoms. The second-order valence-corrected chi connectivity index (χ2v) is 11.8. The van der Waals surface area contributed by atoms with Crippen molar-refractivity contribution in [2.45, 2.75) is 29.4 Å². The molecular formula is C34H30O3S. The van der Waals surface area contributed by atoms with Crippen LogP contribution in [0.4, 0.5) is 0 Å². The van der Waals surface area contributed by atoms with Gasteiger partial charge in [0.15, 0.2) is 9.84 Å². The monoisotopic (exact) mass is 518 g/mol. The molecule has 0 saturated carbocycles. The molecule has 0 aromatic heterocycles. The van der Waals surface area contributed by atoms with Crippen molar-refractivity contribution in [3.8, 4) is 16.9 Å². The Morgan fingerprint density at radius 2 is 1.34 bits per heavy atom. The zero-order chi connectivity index (χ0) is 26.7. The van der Waals surface area contributed by atoms with E-state index in [2.05, 4.69) is 18.7 Å². The smallest absolute Gasteiger partial charge is 0.182 e. The van der Waals surface area contributed by atoms with Crippen molar-refractivity contribution in [1.29, 1.82) is 0 Å². The van der Waals surface area contributed by atoms with E-state index in [1.807, 2.05) is 91.9 Å². The molecule has 0 aliphatic rings. The summed E-state index contributed by atoms with van der Waals surface area (Å²) in [7, 11) is -3.75. The Labute approximate surface area is 224 Å². The van der Waals surface area contributed by atoms with Gasteiger partial charge in [-0.25, -0.2) is 8.42 Å². The van der Waals surface area contributed by atoms with Crippen LogP contribution in [0.15, 0.2) is 133 Å². The van der Waals surface area contributed by atoms with E-state index in [1.165, 1.54) is 0 Å². The fourth-order valence-electron chi connectivity index (χ4n) is 5.19. The van der Waals surface area contributed by atoms with E-state index in [0.29, 0.717) is 10.3 Å². The summed E-state index contributed by atoms with van der Waals surface area (Å²) in [5, 5.41) is 11.3. The van der Waals surface area contributed by atoms with Crippen molar-refractivity contribution in [1.82, 2.24) is 0 Å². The summed E-state index contributed by atoms with van der Waals surface area (Å²) in [6, 6.07) is 36.4. The minimum absolute atomic E-state index is 0.171. The second-order valence-electron chi connectivity index (χ2n) is 9.61. The molecule has 0 amide bonds. The maximum atomic E-state index is 14.2. The van der Waals surface area contributed by atoms with Crippen LogP contribution in [-0.2, 0) is 9.84 Å². The van der Waals surface area contributed by atoms with Crippen LogP contribution in [0.25, 0.3) is 21.9 Å². The zero-order valence-electron chi connectivity index (χ0n) is 21.3. The molecule has 0 fully saturated rings. The molecule has 0 heterocycles. The Bertz CT molecular complexity index is 1670. The highest BCUT2D eigenvalue weighted by atomic mass is 32.2. The van der Waals surface area contributed by atoms with E-state index in [1.54, 1.807) is 24.3 Å². The summed E-state index contributed by atoms with van der Waals surface area (Å²) in [6.07, 6.45) is 1.96. The SMILES string of the molecule is C=CC[C@H]([C@H](c1ccc(-c2ccccc2)cc1)c1ccc(O)c2ccccc12)S(=O)(=O)c1ccc(C)cc1. The molecule has 190 valence electrons. The summed E-state index contributed by atoms with van der Waals surface area (Å²) < 4.78 is 28.4. The second kappa shape index (κ2) is 10.7. The number of hydrogen-bond donors (Lipinski definition) is 1. The number of benzene rings is 5. The summed E-state index contributed by atoms with van der Waals surface area (Å²) in [4.78, 5) is 0.295. The highest BCUT2D eigenvalue weighted by Crippen LogP contribution is 2.41. The van der Waals surface area contributed by atoms with Gasteiger partial charge in [-0.3, -0.25) is 0 Å². The fraction of sp³-hybridized carbons (Fsp3) is 0.118. The van der Waals surface area contributed by atoms with Gasteiger partial charge < -0.3 is 5.11 Å². The van der Waals surface area contributed by atoms with Crippen LogP contribution < -0.4 is 0 Å². The Kier molecular flexibility index (Phi) is 7.17. The molecule has 5 rings (SSSR count). The lowest BCUT2D eigenvalue weighted by atomic mass is 9.83. The van der Waals surface area contributed by atoms with Crippen molar-refractivity contribution >= 4 is 20.6 Å². The first kappa shape index (κ1) is 25.5. The van der Waals surface area contributed by atoms with Crippen molar-refractivity contribution in [3.63, 3.8) is 0 Å². The number of sulfone groups is 1. The van der Waals surface area contributed by atoms with E-state index in [0.717, 1.165) is 33.2 Å². The Balaban J connectivity index is 1.73. The van der Waals surface area contributed by atoms with Gasteiger partial charge >= 0.3 is 0 Å². The number of hydrogen-bond acceptors (Lipinski definition) is 3. The summed E-state index contributed by atoms with van der Waals surface area (Å²) in [5.41, 5.74) is 4.91. The summed E-state index contributed by atoms with van der Waals surface area (Å²) >= 11 is 0. The molecule has 0 aliphatic carbocycles. The molecule has 3 nitrogen and oxygen atoms in total. The number of rotatable bonds is 8. The minimum Gasteiger partial charge on any atom is -0.507 e. The fourth-order valence-corrected chi connectivity index (χ4v) is 7.11. The third kappa shape index (κ3) is 4.88. The summed E-state index contributed by atoms with van der Waals surface area (Å²) in [5.74, 6) is -0.321. The molecule has 0 bridgehead atoms. The molecule has 2 atom stereocenters. The third-order valence-electron chi connectivity index (χ3n) is 7.17. The first-order valence-corrected chi connectivity index (χ1v) is 14.2. The molecule has 0 aliphatic heterocycles. The first-order chi connectivity index (χ1) is 18.4. The highest BCUT2D eigenvalue weighted by molar-refractivity contribution is 7.92. The van der Waals surface area contributed by atoms with Crippen LogP contribution >= 0.6 is 0 Å². The molecule has 0 spiro atoms. The van der Waals surface area contributed by atoms with E-state index in [9.17, 15) is 13.5 Å². The number of fused-ring (bicyclic) bond motifs is 1. The highest BCUT2D eigenvalue weighted by Gasteiger charge is 2.36. The van der Waals surface area contributed by atoms with Crippen molar-refractivity contribution in [2.24, 2.45) is 0 Å². The Morgan fingerprint density at radius 1 is 0.737 bits per heavy atom. The minimum atomic E-state index is -3.75. The maximum Gasteiger partial charge on any atom is 0.182 e. The zero-order valence-corrected chi connectivity index (χ0v) is 22.1. The Morgan fingerprint density at radius 3 is 2.00 bits per heavy atom. The number of phenolic OH excluding ortho intramolecular Hbond substituents is 1. The molecule has 0 saturated heterocycles. The molecule has 1 N–H and O–H groups in total. The third-order valence-corrected chi connectivity index (χ3v) is 9.36. The molecule has 38 heavy (non-hydrogen) atoms. The standard InChI is InChI=1S/C34H30O3S/c1-3-9-33(38(36,37)28-20-14-24(2)15-21-28)34(31-22-23-32(35)30-13-8-7-12-29(30)31)27-18-16-26(17-19-27)25-10-5-4-6-11-25/h3-8,10-23,33-35H,1,9H2,2H3/t33-,34-/m1/s1. The van der Waals surface area contributed by atoms with E-state index in [4.69, 9.17) is 0 Å². The average molecular weight is 519 g/mol. The van der Waals surface area contributed by atoms with Crippen molar-refractivity contribution in [2.75, 3.05) is 0 Å². The van der Waals surface area contributed by atoms with Crippen LogP contribution in [0.5, 0.6) is 5.75 Å². The van der Waals surface area contributed by atoms with Gasteiger partial charge in [-0.1, -0.05) is 109 Å². The van der Waals surface area contributed by atoms with Crippen LogP contribution in [0, 0.1) is 6.92 Å². The van der Waals surface area contributed by atoms with Gasteiger partial charge in [0.1, 0.15) is 5.75 Å². The quantitative estimate of drug-likeness (QED) is 0.211. The van der Waals surface area contributed by atoms with E-state index < -0.39 is 21.0 Å². The molecular weight excluding hydrogens is 488 g/mol. The average Bonchev–Trinajstić information content (AvgIpc) is 2.95. The van der Waals surface area contributed by atoms with Gasteiger partial charge in [0.05, 0.1) is 10.1 Å². The molecule has 0 radical (unpaired) electrons. The van der Waals surface area contributed by atoms with Crippen LogP contribution in [0.3, 0.4) is 0 Å². The topological polar surface area (TPSA) is 54.4 Å². The normalized spacial score (nSPS) is 13.2. The van der Waals surface area contributed by atoms with Crippen LogP contribution in [-0.4, -0.2) is 18.8 Å². The molecule has 0 unspecified atom stereocenters. The lowest BCUT2D eigenvalue weighted by Crippen LogP contribution is -2.29. The maximum absolute atomic E-state index is 14.2. The number of phenols is 1.